The fourth-order valence-electron chi connectivity index (χ4n) is 3.72. The third kappa shape index (κ3) is 6.37. The van der Waals surface area contributed by atoms with Crippen LogP contribution in [0.5, 0.6) is 5.75 Å². The van der Waals surface area contributed by atoms with E-state index in [4.69, 9.17) is 4.74 Å². The lowest BCUT2D eigenvalue weighted by molar-refractivity contribution is -0.384. The van der Waals surface area contributed by atoms with E-state index in [0.29, 0.717) is 0 Å². The standard InChI is InChI=1S/C23H32N4O6S/c1-6-20(23(28)24-16-17-9-11-18(12-10-17)25(7-2)8-3)26(34(5,31)32)21-15-19(27(29)30)13-14-22(21)33-4/h9-15,20H,6-8,16H2,1-5H3,(H,24,28)/t20-/m0/s1. The van der Waals surface area contributed by atoms with Crippen LogP contribution in [0.3, 0.4) is 0 Å². The van der Waals surface area contributed by atoms with Crippen LogP contribution in [0.4, 0.5) is 17.1 Å². The lowest BCUT2D eigenvalue weighted by Gasteiger charge is -2.31. The van der Waals surface area contributed by atoms with Crippen LogP contribution in [-0.2, 0) is 21.4 Å². The molecule has 2 rings (SSSR count). The predicted molar refractivity (Wildman–Crippen MR) is 133 cm³/mol. The number of anilines is 2. The van der Waals surface area contributed by atoms with Gasteiger partial charge in [0, 0.05) is 37.5 Å². The molecule has 0 heterocycles. The maximum Gasteiger partial charge on any atom is 0.271 e. The molecule has 0 fully saturated rings. The van der Waals surface area contributed by atoms with E-state index in [0.717, 1.165) is 41.0 Å². The number of sulfonamides is 1. The largest absolute Gasteiger partial charge is 0.495 e. The number of carbonyl (C=O) groups excluding carboxylic acids is 1. The first-order chi connectivity index (χ1) is 16.1. The van der Waals surface area contributed by atoms with Crippen LogP contribution < -0.4 is 19.3 Å². The van der Waals surface area contributed by atoms with Gasteiger partial charge in [-0.3, -0.25) is 19.2 Å². The van der Waals surface area contributed by atoms with Gasteiger partial charge in [-0.15, -0.1) is 0 Å². The average molecular weight is 493 g/mol. The third-order valence-electron chi connectivity index (χ3n) is 5.47. The van der Waals surface area contributed by atoms with Crippen LogP contribution in [0.2, 0.25) is 0 Å². The summed E-state index contributed by atoms with van der Waals surface area (Å²) in [4.78, 5) is 25.9. The fraction of sp³-hybridized carbons (Fsp3) is 0.435. The molecule has 0 aromatic heterocycles. The molecule has 0 radical (unpaired) electrons. The van der Waals surface area contributed by atoms with Crippen molar-refractivity contribution in [2.24, 2.45) is 0 Å². The Bertz CT molecular complexity index is 1100. The van der Waals surface area contributed by atoms with Crippen molar-refractivity contribution in [1.82, 2.24) is 5.32 Å². The zero-order valence-corrected chi connectivity index (χ0v) is 21.0. The lowest BCUT2D eigenvalue weighted by atomic mass is 10.1. The second-order valence-electron chi connectivity index (χ2n) is 7.65. The normalized spacial score (nSPS) is 12.0. The summed E-state index contributed by atoms with van der Waals surface area (Å²) in [7, 11) is -2.66. The van der Waals surface area contributed by atoms with Crippen molar-refractivity contribution in [3.63, 3.8) is 0 Å². The Balaban J connectivity index is 2.32. The molecule has 0 spiro atoms. The molecule has 0 saturated heterocycles. The van der Waals surface area contributed by atoms with Crippen LogP contribution in [-0.4, -0.2) is 51.7 Å². The molecule has 2 aromatic rings. The fourth-order valence-corrected chi connectivity index (χ4v) is 4.93. The molecule has 1 amide bonds. The van der Waals surface area contributed by atoms with E-state index in [1.807, 2.05) is 24.3 Å². The van der Waals surface area contributed by atoms with Crippen LogP contribution >= 0.6 is 0 Å². The molecule has 0 bridgehead atoms. The number of ether oxygens (including phenoxy) is 1. The number of non-ortho nitro benzene ring substituents is 1. The number of rotatable bonds is 12. The molecule has 1 N–H and O–H groups in total. The third-order valence-corrected chi connectivity index (χ3v) is 6.64. The second-order valence-corrected chi connectivity index (χ2v) is 9.51. The van der Waals surface area contributed by atoms with E-state index in [2.05, 4.69) is 24.1 Å². The minimum atomic E-state index is -3.99. The Kier molecular flexibility index (Phi) is 9.25. The number of nitro benzene ring substituents is 1. The lowest BCUT2D eigenvalue weighted by Crippen LogP contribution is -2.49. The molecule has 186 valence electrons. The zero-order valence-electron chi connectivity index (χ0n) is 20.1. The molecule has 11 heteroatoms. The summed E-state index contributed by atoms with van der Waals surface area (Å²) >= 11 is 0. The highest BCUT2D eigenvalue weighted by molar-refractivity contribution is 7.92. The van der Waals surface area contributed by atoms with Gasteiger partial charge in [-0.05, 0) is 44.0 Å². The average Bonchev–Trinajstić information content (AvgIpc) is 2.81. The highest BCUT2D eigenvalue weighted by atomic mass is 32.2. The monoisotopic (exact) mass is 492 g/mol. The van der Waals surface area contributed by atoms with Crippen LogP contribution in [0.1, 0.15) is 32.8 Å². The number of amides is 1. The van der Waals surface area contributed by atoms with Gasteiger partial charge < -0.3 is 15.0 Å². The van der Waals surface area contributed by atoms with Crippen molar-refractivity contribution < 1.29 is 22.9 Å². The van der Waals surface area contributed by atoms with Gasteiger partial charge >= 0.3 is 0 Å². The van der Waals surface area contributed by atoms with Crippen molar-refractivity contribution in [2.45, 2.75) is 39.8 Å². The molecule has 0 unspecified atom stereocenters. The number of nitrogens with zero attached hydrogens (tertiary/aromatic N) is 3. The van der Waals surface area contributed by atoms with Gasteiger partial charge in [-0.1, -0.05) is 19.1 Å². The first kappa shape index (κ1) is 26.9. The minimum Gasteiger partial charge on any atom is -0.495 e. The molecule has 0 aliphatic heterocycles. The number of methoxy groups -OCH3 is 1. The Morgan fingerprint density at radius 1 is 1.12 bits per heavy atom. The van der Waals surface area contributed by atoms with Crippen molar-refractivity contribution in [3.05, 3.63) is 58.1 Å². The summed E-state index contributed by atoms with van der Waals surface area (Å²) < 4.78 is 31.6. The van der Waals surface area contributed by atoms with Crippen molar-refractivity contribution in [1.29, 1.82) is 0 Å². The first-order valence-electron chi connectivity index (χ1n) is 11.0. The summed E-state index contributed by atoms with van der Waals surface area (Å²) in [5.74, 6) is -0.413. The molecule has 0 saturated carbocycles. The maximum atomic E-state index is 13.1. The SMILES string of the molecule is CC[C@@H](C(=O)NCc1ccc(N(CC)CC)cc1)N(c1cc([N+](=O)[O-])ccc1OC)S(C)(=O)=O. The topological polar surface area (TPSA) is 122 Å². The van der Waals surface area contributed by atoms with Gasteiger partial charge in [0.1, 0.15) is 17.5 Å². The van der Waals surface area contributed by atoms with Crippen molar-refractivity contribution in [3.8, 4) is 5.75 Å². The van der Waals surface area contributed by atoms with E-state index in [1.165, 1.54) is 19.2 Å². The predicted octanol–water partition coefficient (Wildman–Crippen LogP) is 3.31. The zero-order chi connectivity index (χ0) is 25.5. The first-order valence-corrected chi connectivity index (χ1v) is 12.9. The van der Waals surface area contributed by atoms with Gasteiger partial charge in [0.15, 0.2) is 0 Å². The van der Waals surface area contributed by atoms with Gasteiger partial charge in [0.25, 0.3) is 5.69 Å². The Morgan fingerprint density at radius 2 is 1.74 bits per heavy atom. The quantitative estimate of drug-likeness (QED) is 0.356. The Labute approximate surface area is 200 Å². The van der Waals surface area contributed by atoms with Gasteiger partial charge in [0.2, 0.25) is 15.9 Å². The van der Waals surface area contributed by atoms with E-state index < -0.39 is 26.9 Å². The van der Waals surface area contributed by atoms with Crippen LogP contribution in [0, 0.1) is 10.1 Å². The molecule has 0 aliphatic rings. The summed E-state index contributed by atoms with van der Waals surface area (Å²) in [6.07, 6.45) is 1.10. The molecule has 10 nitrogen and oxygen atoms in total. The van der Waals surface area contributed by atoms with E-state index >= 15 is 0 Å². The summed E-state index contributed by atoms with van der Waals surface area (Å²) in [5.41, 5.74) is 1.56. The van der Waals surface area contributed by atoms with Gasteiger partial charge in [-0.25, -0.2) is 8.42 Å². The summed E-state index contributed by atoms with van der Waals surface area (Å²) in [5, 5.41) is 14.1. The maximum absolute atomic E-state index is 13.1. The summed E-state index contributed by atoms with van der Waals surface area (Å²) in [6, 6.07) is 10.3. The highest BCUT2D eigenvalue weighted by Crippen LogP contribution is 2.35. The number of hydrogen-bond acceptors (Lipinski definition) is 7. The minimum absolute atomic E-state index is 0.0650. The van der Waals surface area contributed by atoms with Gasteiger partial charge in [0.05, 0.1) is 18.3 Å². The molecule has 0 aliphatic carbocycles. The number of carbonyl (C=O) groups is 1. The smallest absolute Gasteiger partial charge is 0.271 e. The Hall–Kier alpha value is -3.34. The molecule has 34 heavy (non-hydrogen) atoms. The highest BCUT2D eigenvalue weighted by Gasteiger charge is 2.34. The molecular weight excluding hydrogens is 460 g/mol. The Morgan fingerprint density at radius 3 is 2.21 bits per heavy atom. The number of hydrogen-bond donors (Lipinski definition) is 1. The van der Waals surface area contributed by atoms with Gasteiger partial charge in [-0.2, -0.15) is 0 Å². The van der Waals surface area contributed by atoms with E-state index in [-0.39, 0.29) is 30.1 Å². The van der Waals surface area contributed by atoms with Crippen molar-refractivity contribution in [2.75, 3.05) is 35.7 Å². The second kappa shape index (κ2) is 11.7. The number of benzene rings is 2. The van der Waals surface area contributed by atoms with E-state index in [1.54, 1.807) is 6.92 Å². The molecular formula is C23H32N4O6S. The summed E-state index contributed by atoms with van der Waals surface area (Å²) in [6.45, 7) is 7.79. The van der Waals surface area contributed by atoms with Crippen molar-refractivity contribution >= 4 is 33.0 Å². The number of nitrogens with one attached hydrogen (secondary N) is 1. The van der Waals surface area contributed by atoms with Crippen LogP contribution in [0.15, 0.2) is 42.5 Å². The van der Waals surface area contributed by atoms with E-state index in [9.17, 15) is 23.3 Å². The van der Waals surface area contributed by atoms with Crippen LogP contribution in [0.25, 0.3) is 0 Å². The molecule has 1 atom stereocenters. The molecule has 2 aromatic carbocycles. The number of nitro groups is 1.